The van der Waals surface area contributed by atoms with E-state index < -0.39 is 0 Å². The molecular formula is C11H12ClN3. The monoisotopic (exact) mass is 221 g/mol. The van der Waals surface area contributed by atoms with E-state index in [9.17, 15) is 0 Å². The Morgan fingerprint density at radius 1 is 1.33 bits per heavy atom. The first kappa shape index (κ1) is 10.1. The number of imidazole rings is 1. The summed E-state index contributed by atoms with van der Waals surface area (Å²) in [6, 6.07) is 7.62. The van der Waals surface area contributed by atoms with Crippen LogP contribution >= 0.6 is 11.6 Å². The number of rotatable bonds is 3. The number of halogens is 1. The Morgan fingerprint density at radius 3 is 2.67 bits per heavy atom. The Balaban J connectivity index is 1.99. The highest BCUT2D eigenvalue weighted by atomic mass is 35.5. The number of aromatic amines is 1. The number of nitrogens with zero attached hydrogens (tertiary/aromatic N) is 1. The van der Waals surface area contributed by atoms with Crippen molar-refractivity contribution in [3.63, 3.8) is 0 Å². The summed E-state index contributed by atoms with van der Waals surface area (Å²) in [6.07, 6.45) is 1.70. The van der Waals surface area contributed by atoms with E-state index in [2.05, 4.69) is 15.3 Å². The molecule has 0 atom stereocenters. The van der Waals surface area contributed by atoms with Crippen molar-refractivity contribution in [3.8, 4) is 0 Å². The third-order valence-corrected chi connectivity index (χ3v) is 2.49. The average Bonchev–Trinajstić information content (AvgIpc) is 2.63. The highest BCUT2D eigenvalue weighted by molar-refractivity contribution is 6.30. The Kier molecular flexibility index (Phi) is 2.92. The van der Waals surface area contributed by atoms with Crippen LogP contribution in [-0.4, -0.2) is 9.97 Å². The number of aromatic nitrogens is 2. The molecule has 15 heavy (non-hydrogen) atoms. The summed E-state index contributed by atoms with van der Waals surface area (Å²) >= 11 is 5.79. The number of H-pyrrole nitrogens is 1. The largest absolute Gasteiger partial charge is 0.379 e. The van der Waals surface area contributed by atoms with Crippen molar-refractivity contribution in [3.05, 3.63) is 47.0 Å². The smallest absolute Gasteiger partial charge is 0.0925 e. The van der Waals surface area contributed by atoms with Crippen molar-refractivity contribution in [2.45, 2.75) is 13.5 Å². The lowest BCUT2D eigenvalue weighted by Gasteiger charge is -2.04. The molecule has 3 nitrogen and oxygen atoms in total. The van der Waals surface area contributed by atoms with Crippen LogP contribution in [0.4, 0.5) is 5.69 Å². The molecular weight excluding hydrogens is 210 g/mol. The zero-order valence-corrected chi connectivity index (χ0v) is 9.17. The lowest BCUT2D eigenvalue weighted by Crippen LogP contribution is -2.00. The molecule has 0 bridgehead atoms. The Bertz CT molecular complexity index is 433. The third-order valence-electron chi connectivity index (χ3n) is 2.24. The molecule has 2 rings (SSSR count). The van der Waals surface area contributed by atoms with Gasteiger partial charge in [-0.3, -0.25) is 0 Å². The molecule has 4 heteroatoms. The maximum absolute atomic E-state index is 5.79. The molecule has 0 aliphatic heterocycles. The van der Waals surface area contributed by atoms with Gasteiger partial charge in [0.2, 0.25) is 0 Å². The Morgan fingerprint density at radius 2 is 2.07 bits per heavy atom. The van der Waals surface area contributed by atoms with E-state index >= 15 is 0 Å². The summed E-state index contributed by atoms with van der Waals surface area (Å²) in [6.45, 7) is 2.73. The summed E-state index contributed by atoms with van der Waals surface area (Å²) in [5.41, 5.74) is 3.17. The fourth-order valence-corrected chi connectivity index (χ4v) is 1.44. The van der Waals surface area contributed by atoms with Gasteiger partial charge in [0.1, 0.15) is 0 Å². The number of hydrogen-bond donors (Lipinski definition) is 2. The summed E-state index contributed by atoms with van der Waals surface area (Å²) in [5.74, 6) is 0. The predicted molar refractivity (Wildman–Crippen MR) is 62.1 cm³/mol. The molecule has 1 aromatic heterocycles. The van der Waals surface area contributed by atoms with Gasteiger partial charge in [-0.05, 0) is 31.2 Å². The molecule has 1 aromatic carbocycles. The van der Waals surface area contributed by atoms with E-state index in [1.807, 2.05) is 31.2 Å². The molecule has 0 saturated heterocycles. The summed E-state index contributed by atoms with van der Waals surface area (Å²) < 4.78 is 0. The summed E-state index contributed by atoms with van der Waals surface area (Å²) in [4.78, 5) is 7.25. The lowest BCUT2D eigenvalue weighted by molar-refractivity contribution is 1.05. The highest BCUT2D eigenvalue weighted by Gasteiger charge is 1.99. The van der Waals surface area contributed by atoms with Crippen molar-refractivity contribution in [2.24, 2.45) is 0 Å². The van der Waals surface area contributed by atoms with Crippen LogP contribution in [0.5, 0.6) is 0 Å². The van der Waals surface area contributed by atoms with Gasteiger partial charge in [0, 0.05) is 16.4 Å². The molecule has 0 radical (unpaired) electrons. The average molecular weight is 222 g/mol. The molecule has 2 N–H and O–H groups in total. The number of nitrogens with one attached hydrogen (secondary N) is 2. The van der Waals surface area contributed by atoms with Crippen molar-refractivity contribution in [2.75, 3.05) is 5.32 Å². The Labute approximate surface area is 93.5 Å². The molecule has 2 aromatic rings. The summed E-state index contributed by atoms with van der Waals surface area (Å²) in [5, 5.41) is 4.02. The van der Waals surface area contributed by atoms with Crippen LogP contribution in [0.2, 0.25) is 5.02 Å². The van der Waals surface area contributed by atoms with Gasteiger partial charge in [-0.15, -0.1) is 0 Å². The van der Waals surface area contributed by atoms with Crippen LogP contribution in [0.3, 0.4) is 0 Å². The van der Waals surface area contributed by atoms with Gasteiger partial charge in [-0.2, -0.15) is 0 Å². The number of aryl methyl sites for hydroxylation is 1. The minimum absolute atomic E-state index is 0.719. The first-order chi connectivity index (χ1) is 7.25. The highest BCUT2D eigenvalue weighted by Crippen LogP contribution is 2.14. The molecule has 0 aliphatic rings. The second-order valence-electron chi connectivity index (χ2n) is 3.33. The van der Waals surface area contributed by atoms with Crippen LogP contribution in [0.25, 0.3) is 0 Å². The van der Waals surface area contributed by atoms with Crippen molar-refractivity contribution < 1.29 is 0 Å². The normalized spacial score (nSPS) is 10.3. The first-order valence-electron chi connectivity index (χ1n) is 4.74. The predicted octanol–water partition coefficient (Wildman–Crippen LogP) is 2.98. The first-order valence-corrected chi connectivity index (χ1v) is 5.12. The van der Waals surface area contributed by atoms with Gasteiger partial charge in [0.05, 0.1) is 18.6 Å². The molecule has 1 heterocycles. The van der Waals surface area contributed by atoms with Gasteiger partial charge < -0.3 is 10.3 Å². The van der Waals surface area contributed by atoms with Gasteiger partial charge in [0.25, 0.3) is 0 Å². The topological polar surface area (TPSA) is 40.7 Å². The van der Waals surface area contributed by atoms with Crippen LogP contribution < -0.4 is 5.32 Å². The Hall–Kier alpha value is -1.48. The van der Waals surface area contributed by atoms with Crippen LogP contribution in [0.1, 0.15) is 11.4 Å². The van der Waals surface area contributed by atoms with Crippen molar-refractivity contribution in [1.82, 2.24) is 9.97 Å². The summed E-state index contributed by atoms with van der Waals surface area (Å²) in [7, 11) is 0. The fourth-order valence-electron chi connectivity index (χ4n) is 1.32. The number of benzene rings is 1. The van der Waals surface area contributed by atoms with E-state index in [1.165, 1.54) is 0 Å². The fraction of sp³-hybridized carbons (Fsp3) is 0.182. The van der Waals surface area contributed by atoms with Crippen molar-refractivity contribution >= 4 is 17.3 Å². The van der Waals surface area contributed by atoms with E-state index in [0.717, 1.165) is 28.6 Å². The SMILES string of the molecule is Cc1[nH]cnc1CNc1ccc(Cl)cc1. The van der Waals surface area contributed by atoms with Gasteiger partial charge in [-0.25, -0.2) is 4.98 Å². The molecule has 0 saturated carbocycles. The van der Waals surface area contributed by atoms with Crippen LogP contribution in [-0.2, 0) is 6.54 Å². The zero-order valence-electron chi connectivity index (χ0n) is 8.42. The van der Waals surface area contributed by atoms with Crippen LogP contribution in [0, 0.1) is 6.92 Å². The van der Waals surface area contributed by atoms with Gasteiger partial charge >= 0.3 is 0 Å². The molecule has 0 fully saturated rings. The standard InChI is InChI=1S/C11H12ClN3/c1-8-11(15-7-14-8)6-13-10-4-2-9(12)3-5-10/h2-5,7,13H,6H2,1H3,(H,14,15). The van der Waals surface area contributed by atoms with Gasteiger partial charge in [0.15, 0.2) is 0 Å². The van der Waals surface area contributed by atoms with E-state index in [-0.39, 0.29) is 0 Å². The van der Waals surface area contributed by atoms with Crippen molar-refractivity contribution in [1.29, 1.82) is 0 Å². The van der Waals surface area contributed by atoms with E-state index in [1.54, 1.807) is 6.33 Å². The van der Waals surface area contributed by atoms with Crippen LogP contribution in [0.15, 0.2) is 30.6 Å². The second-order valence-corrected chi connectivity index (χ2v) is 3.77. The molecule has 0 aliphatic carbocycles. The second kappa shape index (κ2) is 4.36. The van der Waals surface area contributed by atoms with Gasteiger partial charge in [-0.1, -0.05) is 11.6 Å². The quantitative estimate of drug-likeness (QED) is 0.837. The molecule has 78 valence electrons. The van der Waals surface area contributed by atoms with E-state index in [4.69, 9.17) is 11.6 Å². The number of hydrogen-bond acceptors (Lipinski definition) is 2. The third kappa shape index (κ3) is 2.50. The lowest BCUT2D eigenvalue weighted by atomic mass is 10.3. The molecule has 0 unspecified atom stereocenters. The molecule has 0 amide bonds. The minimum atomic E-state index is 0.719. The maximum atomic E-state index is 5.79. The maximum Gasteiger partial charge on any atom is 0.0925 e. The number of anilines is 1. The zero-order chi connectivity index (χ0) is 10.7. The molecule has 0 spiro atoms. The van der Waals surface area contributed by atoms with E-state index in [0.29, 0.717) is 0 Å². The minimum Gasteiger partial charge on any atom is -0.379 e.